The van der Waals surface area contributed by atoms with Crippen LogP contribution < -0.4 is 10.2 Å². The maximum Gasteiger partial charge on any atom is 0.128 e. The molecular weight excluding hydrogens is 222 g/mol. The lowest BCUT2D eigenvalue weighted by atomic mass is 9.90. The monoisotopic (exact) mass is 247 g/mol. The molecule has 0 amide bonds. The molecule has 18 heavy (non-hydrogen) atoms. The lowest BCUT2D eigenvalue weighted by Gasteiger charge is -2.35. The highest BCUT2D eigenvalue weighted by atomic mass is 15.2. The zero-order valence-electron chi connectivity index (χ0n) is 11.6. The topological polar surface area (TPSA) is 28.2 Å². The van der Waals surface area contributed by atoms with Crippen molar-refractivity contribution in [1.82, 2.24) is 10.3 Å². The summed E-state index contributed by atoms with van der Waals surface area (Å²) in [7, 11) is 2.17. The van der Waals surface area contributed by atoms with Crippen molar-refractivity contribution in [1.29, 1.82) is 0 Å². The van der Waals surface area contributed by atoms with Crippen molar-refractivity contribution >= 4 is 5.82 Å². The van der Waals surface area contributed by atoms with Gasteiger partial charge in [0.1, 0.15) is 5.82 Å². The third kappa shape index (κ3) is 3.45. The number of anilines is 1. The van der Waals surface area contributed by atoms with Crippen LogP contribution in [0.2, 0.25) is 0 Å². The van der Waals surface area contributed by atoms with E-state index in [1.807, 2.05) is 12.3 Å². The molecular formula is C15H25N3. The molecule has 0 saturated heterocycles. The summed E-state index contributed by atoms with van der Waals surface area (Å²) in [6.45, 7) is 3.39. The Morgan fingerprint density at radius 1 is 1.28 bits per heavy atom. The Hall–Kier alpha value is -1.09. The van der Waals surface area contributed by atoms with E-state index in [0.29, 0.717) is 6.04 Å². The molecule has 100 valence electrons. The first-order valence-corrected chi connectivity index (χ1v) is 7.18. The van der Waals surface area contributed by atoms with Crippen molar-refractivity contribution in [2.45, 2.75) is 51.1 Å². The van der Waals surface area contributed by atoms with Gasteiger partial charge in [-0.3, -0.25) is 0 Å². The van der Waals surface area contributed by atoms with Crippen LogP contribution in [0.15, 0.2) is 24.4 Å². The molecule has 0 radical (unpaired) electrons. The third-order valence-electron chi connectivity index (χ3n) is 3.94. The second kappa shape index (κ2) is 6.74. The van der Waals surface area contributed by atoms with E-state index in [1.54, 1.807) is 0 Å². The third-order valence-corrected chi connectivity index (χ3v) is 3.94. The first kappa shape index (κ1) is 13.3. The van der Waals surface area contributed by atoms with Crippen LogP contribution in [-0.2, 0) is 0 Å². The van der Waals surface area contributed by atoms with Crippen LogP contribution in [0, 0.1) is 0 Å². The highest BCUT2D eigenvalue weighted by Gasteiger charge is 2.23. The summed E-state index contributed by atoms with van der Waals surface area (Å²) in [4.78, 5) is 6.78. The summed E-state index contributed by atoms with van der Waals surface area (Å²) in [5.74, 6) is 1.10. The second-order valence-corrected chi connectivity index (χ2v) is 5.26. The van der Waals surface area contributed by atoms with E-state index in [-0.39, 0.29) is 0 Å². The molecule has 0 unspecified atom stereocenters. The fourth-order valence-corrected chi connectivity index (χ4v) is 2.77. The summed E-state index contributed by atoms with van der Waals surface area (Å²) in [6, 6.07) is 7.52. The number of nitrogens with one attached hydrogen (secondary N) is 1. The van der Waals surface area contributed by atoms with E-state index in [9.17, 15) is 0 Å². The van der Waals surface area contributed by atoms with Crippen LogP contribution in [0.25, 0.3) is 0 Å². The fourth-order valence-electron chi connectivity index (χ4n) is 2.77. The molecule has 0 aliphatic heterocycles. The summed E-state index contributed by atoms with van der Waals surface area (Å²) in [5, 5.41) is 3.64. The van der Waals surface area contributed by atoms with Crippen molar-refractivity contribution in [3.8, 4) is 0 Å². The van der Waals surface area contributed by atoms with Gasteiger partial charge >= 0.3 is 0 Å². The van der Waals surface area contributed by atoms with E-state index >= 15 is 0 Å². The quantitative estimate of drug-likeness (QED) is 0.867. The summed E-state index contributed by atoms with van der Waals surface area (Å²) >= 11 is 0. The zero-order chi connectivity index (χ0) is 12.8. The molecule has 1 aliphatic carbocycles. The van der Waals surface area contributed by atoms with E-state index in [4.69, 9.17) is 0 Å². The maximum absolute atomic E-state index is 4.43. The van der Waals surface area contributed by atoms with Gasteiger partial charge in [0.25, 0.3) is 0 Å². The second-order valence-electron chi connectivity index (χ2n) is 5.26. The molecule has 1 aromatic rings. The molecule has 0 atom stereocenters. The first-order chi connectivity index (χ1) is 8.81. The molecule has 1 aromatic heterocycles. The van der Waals surface area contributed by atoms with Gasteiger partial charge in [0.15, 0.2) is 0 Å². The lowest BCUT2D eigenvalue weighted by Crippen LogP contribution is -2.41. The molecule has 3 nitrogen and oxygen atoms in total. The van der Waals surface area contributed by atoms with Crippen molar-refractivity contribution in [2.24, 2.45) is 0 Å². The van der Waals surface area contributed by atoms with Crippen molar-refractivity contribution < 1.29 is 0 Å². The molecule has 0 bridgehead atoms. The predicted octanol–water partition coefficient (Wildman–Crippen LogP) is 2.83. The van der Waals surface area contributed by atoms with Gasteiger partial charge in [-0.05, 0) is 50.8 Å². The van der Waals surface area contributed by atoms with Crippen molar-refractivity contribution in [3.05, 3.63) is 24.4 Å². The molecule has 0 spiro atoms. The van der Waals surface area contributed by atoms with Crippen LogP contribution in [0.4, 0.5) is 5.82 Å². The summed E-state index contributed by atoms with van der Waals surface area (Å²) in [6.07, 6.45) is 8.24. The molecule has 2 rings (SSSR count). The van der Waals surface area contributed by atoms with E-state index in [0.717, 1.165) is 18.4 Å². The number of hydrogen-bond donors (Lipinski definition) is 1. The van der Waals surface area contributed by atoms with Gasteiger partial charge < -0.3 is 10.2 Å². The van der Waals surface area contributed by atoms with Gasteiger partial charge in [-0.2, -0.15) is 0 Å². The highest BCUT2D eigenvalue weighted by Crippen LogP contribution is 2.25. The standard InChI is InChI=1S/C15H25N3/c1-3-11-16-13-7-9-14(10-8-13)18(2)15-6-4-5-12-17-15/h4-6,12-14,16H,3,7-11H2,1-2H3. The Kier molecular flexibility index (Phi) is 5.00. The van der Waals surface area contributed by atoms with Gasteiger partial charge in [0, 0.05) is 25.3 Å². The van der Waals surface area contributed by atoms with Gasteiger partial charge in [-0.25, -0.2) is 4.98 Å². The van der Waals surface area contributed by atoms with Gasteiger partial charge in [-0.15, -0.1) is 0 Å². The number of aromatic nitrogens is 1. The Morgan fingerprint density at radius 3 is 2.67 bits per heavy atom. The normalized spacial score (nSPS) is 23.9. The summed E-state index contributed by atoms with van der Waals surface area (Å²) < 4.78 is 0. The zero-order valence-corrected chi connectivity index (χ0v) is 11.6. The molecule has 1 fully saturated rings. The van der Waals surface area contributed by atoms with Gasteiger partial charge in [0.05, 0.1) is 0 Å². The average molecular weight is 247 g/mol. The van der Waals surface area contributed by atoms with Crippen LogP contribution in [0.5, 0.6) is 0 Å². The number of nitrogens with zero attached hydrogens (tertiary/aromatic N) is 2. The SMILES string of the molecule is CCCNC1CCC(N(C)c2ccccn2)CC1. The maximum atomic E-state index is 4.43. The van der Waals surface area contributed by atoms with Gasteiger partial charge in [-0.1, -0.05) is 13.0 Å². The van der Waals surface area contributed by atoms with Gasteiger partial charge in [0.2, 0.25) is 0 Å². The Morgan fingerprint density at radius 2 is 2.06 bits per heavy atom. The minimum atomic E-state index is 0.652. The number of hydrogen-bond acceptors (Lipinski definition) is 3. The molecule has 1 heterocycles. The van der Waals surface area contributed by atoms with E-state index in [2.05, 4.69) is 41.3 Å². The highest BCUT2D eigenvalue weighted by molar-refractivity contribution is 5.37. The molecule has 0 aromatic carbocycles. The van der Waals surface area contributed by atoms with Crippen LogP contribution >= 0.6 is 0 Å². The molecule has 1 saturated carbocycles. The van der Waals surface area contributed by atoms with Crippen LogP contribution in [0.3, 0.4) is 0 Å². The smallest absolute Gasteiger partial charge is 0.128 e. The molecule has 1 N–H and O–H groups in total. The van der Waals surface area contributed by atoms with Crippen molar-refractivity contribution in [3.63, 3.8) is 0 Å². The van der Waals surface area contributed by atoms with E-state index in [1.165, 1.54) is 32.1 Å². The predicted molar refractivity (Wildman–Crippen MR) is 77.0 cm³/mol. The van der Waals surface area contributed by atoms with Crippen molar-refractivity contribution in [2.75, 3.05) is 18.5 Å². The average Bonchev–Trinajstić information content (AvgIpc) is 2.46. The minimum Gasteiger partial charge on any atom is -0.357 e. The summed E-state index contributed by atoms with van der Waals surface area (Å²) in [5.41, 5.74) is 0. The Balaban J connectivity index is 1.82. The molecule has 3 heteroatoms. The first-order valence-electron chi connectivity index (χ1n) is 7.18. The number of rotatable bonds is 5. The van der Waals surface area contributed by atoms with Crippen LogP contribution in [0.1, 0.15) is 39.0 Å². The Labute approximate surface area is 111 Å². The largest absolute Gasteiger partial charge is 0.357 e. The van der Waals surface area contributed by atoms with Crippen LogP contribution in [-0.4, -0.2) is 30.7 Å². The minimum absolute atomic E-state index is 0.652. The Bertz CT molecular complexity index is 331. The molecule has 1 aliphatic rings. The lowest BCUT2D eigenvalue weighted by molar-refractivity contribution is 0.337. The fraction of sp³-hybridized carbons (Fsp3) is 0.667. The van der Waals surface area contributed by atoms with E-state index < -0.39 is 0 Å². The number of pyridine rings is 1.